The second-order valence-corrected chi connectivity index (χ2v) is 7.22. The molecule has 0 amide bonds. The van der Waals surface area contributed by atoms with Gasteiger partial charge in [0.15, 0.2) is 17.5 Å². The van der Waals surface area contributed by atoms with Crippen molar-refractivity contribution in [2.45, 2.75) is 19.6 Å². The number of hydrogen-bond donors (Lipinski definition) is 2. The molecule has 1 unspecified atom stereocenters. The Morgan fingerprint density at radius 3 is 2.55 bits per heavy atom. The Kier molecular flexibility index (Phi) is 10.4. The lowest BCUT2D eigenvalue weighted by Gasteiger charge is -2.36. The van der Waals surface area contributed by atoms with Crippen LogP contribution in [0.25, 0.3) is 0 Å². The van der Waals surface area contributed by atoms with E-state index in [1.165, 1.54) is 13.2 Å². The zero-order chi connectivity index (χ0) is 21.3. The van der Waals surface area contributed by atoms with E-state index >= 15 is 0 Å². The highest BCUT2D eigenvalue weighted by Crippen LogP contribution is 2.19. The number of rotatable bonds is 7. The number of benzene rings is 1. The number of aliphatic imine (C=N–C) groups is 1. The molecule has 3 rings (SSSR count). The number of halogens is 2. The molecule has 1 aromatic heterocycles. The molecule has 1 aromatic carbocycles. The summed E-state index contributed by atoms with van der Waals surface area (Å²) >= 11 is 0. The van der Waals surface area contributed by atoms with Gasteiger partial charge in [-0.1, -0.05) is 6.07 Å². The number of nitrogens with one attached hydrogen (secondary N) is 1. The van der Waals surface area contributed by atoms with Crippen LogP contribution in [0.15, 0.2) is 47.7 Å². The van der Waals surface area contributed by atoms with Crippen molar-refractivity contribution in [3.8, 4) is 5.75 Å². The quantitative estimate of drug-likeness (QED) is 0.318. The minimum atomic E-state index is -0.659. The summed E-state index contributed by atoms with van der Waals surface area (Å²) in [5, 5.41) is 13.7. The van der Waals surface area contributed by atoms with Crippen molar-refractivity contribution in [3.63, 3.8) is 0 Å². The monoisotopic (exact) mass is 543 g/mol. The minimum absolute atomic E-state index is 0. The molecule has 1 aliphatic heterocycles. The van der Waals surface area contributed by atoms with Crippen molar-refractivity contribution in [3.05, 3.63) is 59.7 Å². The van der Waals surface area contributed by atoms with Gasteiger partial charge in [0.25, 0.3) is 0 Å². The molecule has 1 saturated heterocycles. The molecule has 0 saturated carbocycles. The molecule has 0 radical (unpaired) electrons. The first kappa shape index (κ1) is 25.3. The van der Waals surface area contributed by atoms with Crippen molar-refractivity contribution >= 4 is 29.9 Å². The molecule has 2 N–H and O–H groups in total. The first-order chi connectivity index (χ1) is 14.6. The molecule has 0 spiro atoms. The highest BCUT2D eigenvalue weighted by atomic mass is 127. The summed E-state index contributed by atoms with van der Waals surface area (Å²) in [6.45, 7) is 7.11. The number of piperazine rings is 1. The molecule has 2 aromatic rings. The van der Waals surface area contributed by atoms with E-state index < -0.39 is 6.10 Å². The van der Waals surface area contributed by atoms with E-state index in [1.807, 2.05) is 13.0 Å². The summed E-state index contributed by atoms with van der Waals surface area (Å²) in [5.41, 5.74) is 1.74. The number of methoxy groups -OCH3 is 1. The van der Waals surface area contributed by atoms with Crippen LogP contribution in [-0.2, 0) is 6.54 Å². The van der Waals surface area contributed by atoms with Crippen LogP contribution in [0.4, 0.5) is 4.39 Å². The predicted octanol–water partition coefficient (Wildman–Crippen LogP) is 2.66. The van der Waals surface area contributed by atoms with E-state index in [0.717, 1.165) is 49.8 Å². The van der Waals surface area contributed by atoms with Gasteiger partial charge in [0, 0.05) is 51.7 Å². The Bertz CT molecular complexity index is 832. The average Bonchev–Trinajstić information content (AvgIpc) is 2.78. The summed E-state index contributed by atoms with van der Waals surface area (Å²) in [4.78, 5) is 13.1. The van der Waals surface area contributed by atoms with Gasteiger partial charge >= 0.3 is 0 Å². The fourth-order valence-corrected chi connectivity index (χ4v) is 3.47. The molecule has 1 fully saturated rings. The summed E-state index contributed by atoms with van der Waals surface area (Å²) < 4.78 is 18.9. The van der Waals surface area contributed by atoms with Gasteiger partial charge in [-0.05, 0) is 42.3 Å². The fourth-order valence-electron chi connectivity index (χ4n) is 3.47. The molecule has 170 valence electrons. The number of guanidine groups is 1. The third-order valence-corrected chi connectivity index (χ3v) is 5.13. The maximum absolute atomic E-state index is 13.9. The summed E-state index contributed by atoms with van der Waals surface area (Å²) in [6, 6.07) is 8.71. The van der Waals surface area contributed by atoms with Gasteiger partial charge in [0.2, 0.25) is 0 Å². The van der Waals surface area contributed by atoms with Gasteiger partial charge in [-0.25, -0.2) is 4.39 Å². The number of aromatic nitrogens is 1. The van der Waals surface area contributed by atoms with Gasteiger partial charge in [-0.2, -0.15) is 0 Å². The lowest BCUT2D eigenvalue weighted by Crippen LogP contribution is -2.52. The third-order valence-electron chi connectivity index (χ3n) is 5.13. The molecule has 1 atom stereocenters. The molecule has 1 aliphatic rings. The Balaban J connectivity index is 0.00000341. The zero-order valence-electron chi connectivity index (χ0n) is 18.0. The molecule has 31 heavy (non-hydrogen) atoms. The second-order valence-electron chi connectivity index (χ2n) is 7.22. The van der Waals surface area contributed by atoms with Crippen molar-refractivity contribution < 1.29 is 14.2 Å². The maximum atomic E-state index is 13.9. The van der Waals surface area contributed by atoms with E-state index in [1.54, 1.807) is 30.6 Å². The molecule has 0 aliphatic carbocycles. The lowest BCUT2D eigenvalue weighted by atomic mass is 10.1. The van der Waals surface area contributed by atoms with Gasteiger partial charge < -0.3 is 20.1 Å². The largest absolute Gasteiger partial charge is 0.494 e. The van der Waals surface area contributed by atoms with Crippen molar-refractivity contribution in [2.75, 3.05) is 46.4 Å². The highest BCUT2D eigenvalue weighted by Gasteiger charge is 2.20. The summed E-state index contributed by atoms with van der Waals surface area (Å²) in [5.74, 6) is 0.743. The molecule has 9 heteroatoms. The zero-order valence-corrected chi connectivity index (χ0v) is 20.3. The Morgan fingerprint density at radius 2 is 1.94 bits per heavy atom. The lowest BCUT2D eigenvalue weighted by molar-refractivity contribution is 0.169. The summed E-state index contributed by atoms with van der Waals surface area (Å²) in [6.07, 6.45) is 2.68. The van der Waals surface area contributed by atoms with Gasteiger partial charge in [-0.15, -0.1) is 24.0 Å². The van der Waals surface area contributed by atoms with E-state index in [2.05, 4.69) is 25.1 Å². The molecular formula is C22H31FIN5O2. The van der Waals surface area contributed by atoms with Gasteiger partial charge in [-0.3, -0.25) is 14.9 Å². The number of ether oxygens (including phenoxy) is 1. The van der Waals surface area contributed by atoms with Gasteiger partial charge in [0.05, 0.1) is 19.8 Å². The van der Waals surface area contributed by atoms with E-state index in [0.29, 0.717) is 6.54 Å². The van der Waals surface area contributed by atoms with E-state index in [-0.39, 0.29) is 42.1 Å². The molecule has 7 nitrogen and oxygen atoms in total. The Labute approximate surface area is 200 Å². The number of aliphatic hydroxyl groups excluding tert-OH is 1. The maximum Gasteiger partial charge on any atom is 0.194 e. The Morgan fingerprint density at radius 1 is 1.23 bits per heavy atom. The molecular weight excluding hydrogens is 512 g/mol. The van der Waals surface area contributed by atoms with Crippen LogP contribution in [-0.4, -0.2) is 72.2 Å². The number of hydrogen-bond acceptors (Lipinski definition) is 5. The minimum Gasteiger partial charge on any atom is -0.494 e. The van der Waals surface area contributed by atoms with Crippen molar-refractivity contribution in [2.24, 2.45) is 4.99 Å². The van der Waals surface area contributed by atoms with Crippen LogP contribution >= 0.6 is 24.0 Å². The van der Waals surface area contributed by atoms with E-state index in [4.69, 9.17) is 4.74 Å². The Hall–Kier alpha value is -1.98. The van der Waals surface area contributed by atoms with Crippen LogP contribution in [0.1, 0.15) is 24.2 Å². The summed E-state index contributed by atoms with van der Waals surface area (Å²) in [7, 11) is 1.47. The normalized spacial score (nSPS) is 15.9. The fraction of sp³-hybridized carbons (Fsp3) is 0.455. The first-order valence-electron chi connectivity index (χ1n) is 10.3. The predicted molar refractivity (Wildman–Crippen MR) is 130 cm³/mol. The topological polar surface area (TPSA) is 73.2 Å². The van der Waals surface area contributed by atoms with Crippen LogP contribution in [0, 0.1) is 5.82 Å². The van der Waals surface area contributed by atoms with Crippen LogP contribution in [0.3, 0.4) is 0 Å². The highest BCUT2D eigenvalue weighted by molar-refractivity contribution is 14.0. The van der Waals surface area contributed by atoms with Gasteiger partial charge in [0.1, 0.15) is 0 Å². The molecule has 0 bridgehead atoms. The SMILES string of the molecule is CCNC(=NCC(O)c1ccncc1)N1CCN(Cc2ccc(OC)c(F)c2)CC1.I. The number of nitrogens with zero attached hydrogens (tertiary/aromatic N) is 4. The average molecular weight is 543 g/mol. The van der Waals surface area contributed by atoms with E-state index in [9.17, 15) is 9.50 Å². The van der Waals surface area contributed by atoms with Crippen molar-refractivity contribution in [1.29, 1.82) is 0 Å². The third kappa shape index (κ3) is 7.29. The van der Waals surface area contributed by atoms with Crippen LogP contribution in [0.5, 0.6) is 5.75 Å². The van der Waals surface area contributed by atoms with Crippen LogP contribution < -0.4 is 10.1 Å². The number of aliphatic hydroxyl groups is 1. The second kappa shape index (κ2) is 12.8. The smallest absolute Gasteiger partial charge is 0.194 e. The molecule has 2 heterocycles. The van der Waals surface area contributed by atoms with Crippen LogP contribution in [0.2, 0.25) is 0 Å². The first-order valence-corrected chi connectivity index (χ1v) is 10.3. The standard InChI is InChI=1S/C22H30FN5O2.HI/c1-3-25-22(26-15-20(29)18-6-8-24-9-7-18)28-12-10-27(11-13-28)16-17-4-5-21(30-2)19(23)14-17;/h4-9,14,20,29H,3,10-13,15-16H2,1-2H3,(H,25,26);1H. The van der Waals surface area contributed by atoms with Crippen molar-refractivity contribution in [1.82, 2.24) is 20.1 Å². The number of pyridine rings is 1.